The van der Waals surface area contributed by atoms with Crippen LogP contribution in [0.15, 0.2) is 102 Å². The number of carbonyl (C=O) groups excluding carboxylic acids is 1. The van der Waals surface area contributed by atoms with E-state index in [9.17, 15) is 14.7 Å². The van der Waals surface area contributed by atoms with Crippen molar-refractivity contribution in [3.63, 3.8) is 0 Å². The van der Waals surface area contributed by atoms with Crippen molar-refractivity contribution in [1.29, 1.82) is 0 Å². The van der Waals surface area contributed by atoms with Crippen LogP contribution in [0.1, 0.15) is 22.8 Å². The molecule has 0 aliphatic heterocycles. The monoisotopic (exact) mass is 478 g/mol. The van der Waals surface area contributed by atoms with Gasteiger partial charge in [0.2, 0.25) is 0 Å². The van der Waals surface area contributed by atoms with Gasteiger partial charge in [-0.25, -0.2) is 9.78 Å². The number of aromatic nitrogens is 1. The minimum atomic E-state index is -1.55. The molecule has 2 N–H and O–H groups in total. The Morgan fingerprint density at radius 3 is 2.23 bits per heavy atom. The lowest BCUT2D eigenvalue weighted by atomic mass is 9.91. The maximum atomic E-state index is 13.1. The number of hydrogen-bond acceptors (Lipinski definition) is 4. The van der Waals surface area contributed by atoms with Crippen molar-refractivity contribution in [2.75, 3.05) is 0 Å². The maximum absolute atomic E-state index is 13.1. The fourth-order valence-electron chi connectivity index (χ4n) is 3.99. The van der Waals surface area contributed by atoms with Gasteiger partial charge in [0.05, 0.1) is 5.69 Å². The number of carboxylic acids is 1. The number of carboxylic acid groups (broad SMARTS) is 1. The van der Waals surface area contributed by atoms with Crippen molar-refractivity contribution >= 4 is 34.0 Å². The van der Waals surface area contributed by atoms with Crippen LogP contribution < -0.4 is 5.32 Å². The van der Waals surface area contributed by atoms with E-state index in [2.05, 4.69) is 5.32 Å². The van der Waals surface area contributed by atoms with Gasteiger partial charge in [-0.2, -0.15) is 0 Å². The quantitative estimate of drug-likeness (QED) is 0.298. The number of benzene rings is 4. The number of amides is 1. The van der Waals surface area contributed by atoms with Crippen LogP contribution in [-0.4, -0.2) is 22.0 Å². The van der Waals surface area contributed by atoms with E-state index in [1.807, 2.05) is 60.0 Å². The molecule has 5 aromatic rings. The van der Waals surface area contributed by atoms with E-state index < -0.39 is 17.4 Å². The topological polar surface area (TPSA) is 79.3 Å². The fourth-order valence-corrected chi connectivity index (χ4v) is 4.81. The summed E-state index contributed by atoms with van der Waals surface area (Å²) < 4.78 is 0. The highest BCUT2D eigenvalue weighted by Gasteiger charge is 2.37. The fraction of sp³-hybridized carbons (Fsp3) is 0.0690. The first-order chi connectivity index (χ1) is 16.9. The molecule has 1 unspecified atom stereocenters. The lowest BCUT2D eigenvalue weighted by molar-refractivity contribution is -0.144. The predicted octanol–water partition coefficient (Wildman–Crippen LogP) is 6.36. The molecular weight excluding hydrogens is 456 g/mol. The van der Waals surface area contributed by atoms with E-state index in [1.165, 1.54) is 6.92 Å². The second-order valence-electron chi connectivity index (χ2n) is 8.43. The molecular formula is C29H22N2O3S. The lowest BCUT2D eigenvalue weighted by Crippen LogP contribution is -2.49. The Morgan fingerprint density at radius 1 is 0.829 bits per heavy atom. The SMILES string of the molecule is CC(NC(=O)c1ccc2ccc(-c3nc(-c4ccccc4)cs3)cc2c1)(C(=O)O)c1ccccc1. The maximum Gasteiger partial charge on any atom is 0.333 e. The number of aliphatic carboxylic acids is 1. The zero-order valence-electron chi connectivity index (χ0n) is 18.9. The Hall–Kier alpha value is -4.29. The molecule has 0 radical (unpaired) electrons. The van der Waals surface area contributed by atoms with E-state index in [4.69, 9.17) is 4.98 Å². The van der Waals surface area contributed by atoms with Crippen molar-refractivity contribution < 1.29 is 14.7 Å². The summed E-state index contributed by atoms with van der Waals surface area (Å²) in [6, 6.07) is 30.1. The van der Waals surface area contributed by atoms with Gasteiger partial charge in [0.15, 0.2) is 5.54 Å². The number of rotatable bonds is 6. The van der Waals surface area contributed by atoms with Crippen LogP contribution in [0.3, 0.4) is 0 Å². The van der Waals surface area contributed by atoms with Crippen molar-refractivity contribution in [3.05, 3.63) is 114 Å². The number of carbonyl (C=O) groups is 2. The zero-order valence-corrected chi connectivity index (χ0v) is 19.8. The van der Waals surface area contributed by atoms with Crippen LogP contribution in [0.5, 0.6) is 0 Å². The third-order valence-corrected chi connectivity index (χ3v) is 6.96. The highest BCUT2D eigenvalue weighted by atomic mass is 32.1. The van der Waals surface area contributed by atoms with Crippen LogP contribution >= 0.6 is 11.3 Å². The third-order valence-electron chi connectivity index (χ3n) is 6.07. The number of hydrogen-bond donors (Lipinski definition) is 2. The first-order valence-electron chi connectivity index (χ1n) is 11.1. The van der Waals surface area contributed by atoms with Crippen LogP contribution in [0.4, 0.5) is 0 Å². The normalized spacial score (nSPS) is 12.7. The van der Waals surface area contributed by atoms with Gasteiger partial charge in [0.1, 0.15) is 5.01 Å². The van der Waals surface area contributed by atoms with E-state index in [0.717, 1.165) is 32.6 Å². The van der Waals surface area contributed by atoms with E-state index in [-0.39, 0.29) is 0 Å². The van der Waals surface area contributed by atoms with Crippen molar-refractivity contribution in [3.8, 4) is 21.8 Å². The number of fused-ring (bicyclic) bond motifs is 1. The lowest BCUT2D eigenvalue weighted by Gasteiger charge is -2.27. The molecule has 1 heterocycles. The highest BCUT2D eigenvalue weighted by molar-refractivity contribution is 7.13. The first kappa shape index (κ1) is 22.5. The van der Waals surface area contributed by atoms with E-state index >= 15 is 0 Å². The first-order valence-corrected chi connectivity index (χ1v) is 12.0. The molecule has 1 amide bonds. The van der Waals surface area contributed by atoms with Gasteiger partial charge in [0.25, 0.3) is 5.91 Å². The summed E-state index contributed by atoms with van der Waals surface area (Å²) in [7, 11) is 0. The Kier molecular flexibility index (Phi) is 5.89. The summed E-state index contributed by atoms with van der Waals surface area (Å²) in [6.07, 6.45) is 0. The minimum Gasteiger partial charge on any atom is -0.479 e. The summed E-state index contributed by atoms with van der Waals surface area (Å²) in [4.78, 5) is 30.0. The van der Waals surface area contributed by atoms with Gasteiger partial charge in [-0.15, -0.1) is 11.3 Å². The molecule has 35 heavy (non-hydrogen) atoms. The molecule has 0 aliphatic rings. The van der Waals surface area contributed by atoms with Gasteiger partial charge in [0, 0.05) is 22.1 Å². The summed E-state index contributed by atoms with van der Waals surface area (Å²) in [5.41, 5.74) is 2.29. The average molecular weight is 479 g/mol. The average Bonchev–Trinajstić information content (AvgIpc) is 3.39. The molecule has 0 aliphatic carbocycles. The standard InChI is InChI=1S/C29H22N2O3S/c1-29(28(33)34,24-10-6-3-7-11-24)31-26(32)21-14-12-19-13-15-22(17-23(19)16-21)27-30-25(18-35-27)20-8-4-2-5-9-20/h2-18H,1H3,(H,31,32)(H,33,34). The molecule has 4 aromatic carbocycles. The van der Waals surface area contributed by atoms with Crippen molar-refractivity contribution in [1.82, 2.24) is 10.3 Å². The van der Waals surface area contributed by atoms with Gasteiger partial charge >= 0.3 is 5.97 Å². The molecule has 0 saturated heterocycles. The van der Waals surface area contributed by atoms with Crippen LogP contribution in [0.25, 0.3) is 32.6 Å². The second kappa shape index (κ2) is 9.16. The van der Waals surface area contributed by atoms with Crippen LogP contribution in [0.2, 0.25) is 0 Å². The number of nitrogens with one attached hydrogen (secondary N) is 1. The Morgan fingerprint density at radius 2 is 1.51 bits per heavy atom. The van der Waals surface area contributed by atoms with Gasteiger partial charge in [-0.3, -0.25) is 4.79 Å². The van der Waals surface area contributed by atoms with Crippen LogP contribution in [0, 0.1) is 0 Å². The molecule has 0 bridgehead atoms. The molecule has 172 valence electrons. The molecule has 0 spiro atoms. The molecule has 5 nitrogen and oxygen atoms in total. The molecule has 6 heteroatoms. The smallest absolute Gasteiger partial charge is 0.333 e. The molecule has 1 aromatic heterocycles. The van der Waals surface area contributed by atoms with Gasteiger partial charge < -0.3 is 10.4 Å². The van der Waals surface area contributed by atoms with E-state index in [1.54, 1.807) is 53.8 Å². The zero-order chi connectivity index (χ0) is 24.4. The molecule has 0 fully saturated rings. The van der Waals surface area contributed by atoms with E-state index in [0.29, 0.717) is 11.1 Å². The summed E-state index contributed by atoms with van der Waals surface area (Å²) in [5.74, 6) is -1.58. The predicted molar refractivity (Wildman–Crippen MR) is 139 cm³/mol. The Bertz CT molecular complexity index is 1530. The Labute approximate surface area is 206 Å². The molecule has 5 rings (SSSR count). The number of nitrogens with zero attached hydrogens (tertiary/aromatic N) is 1. The van der Waals surface area contributed by atoms with Crippen molar-refractivity contribution in [2.45, 2.75) is 12.5 Å². The largest absolute Gasteiger partial charge is 0.479 e. The number of thiazole rings is 1. The molecule has 0 saturated carbocycles. The van der Waals surface area contributed by atoms with Crippen LogP contribution in [-0.2, 0) is 10.3 Å². The summed E-state index contributed by atoms with van der Waals surface area (Å²) in [6.45, 7) is 1.49. The van der Waals surface area contributed by atoms with Gasteiger partial charge in [-0.1, -0.05) is 78.9 Å². The third kappa shape index (κ3) is 4.44. The van der Waals surface area contributed by atoms with Gasteiger partial charge in [-0.05, 0) is 41.5 Å². The summed E-state index contributed by atoms with van der Waals surface area (Å²) in [5, 5.41) is 17.4. The second-order valence-corrected chi connectivity index (χ2v) is 9.29. The Balaban J connectivity index is 1.45. The molecule has 1 atom stereocenters. The highest BCUT2D eigenvalue weighted by Crippen LogP contribution is 2.31. The summed E-state index contributed by atoms with van der Waals surface area (Å²) >= 11 is 1.57. The van der Waals surface area contributed by atoms with Crippen molar-refractivity contribution in [2.24, 2.45) is 0 Å². The minimum absolute atomic E-state index is 0.391.